The van der Waals surface area contributed by atoms with E-state index in [9.17, 15) is 14.7 Å². The normalized spacial score (nSPS) is 21.4. The summed E-state index contributed by atoms with van der Waals surface area (Å²) in [6.07, 6.45) is 3.10. The first kappa shape index (κ1) is 15.9. The number of hydrogen-bond acceptors (Lipinski definition) is 4. The number of rotatable bonds is 9. The number of carbonyl (C=O) groups excluding carboxylic acids is 1. The molecule has 6 nitrogen and oxygen atoms in total. The number of nitrogens with one attached hydrogen (secondary N) is 2. The zero-order chi connectivity index (χ0) is 14.6. The highest BCUT2D eigenvalue weighted by Crippen LogP contribution is 2.27. The number of carboxylic acid groups (broad SMARTS) is 1. The number of nitrogens with two attached hydrogens (primary N) is 1. The summed E-state index contributed by atoms with van der Waals surface area (Å²) >= 11 is 0. The van der Waals surface area contributed by atoms with Gasteiger partial charge in [0.15, 0.2) is 0 Å². The van der Waals surface area contributed by atoms with Crippen LogP contribution in [0.25, 0.3) is 0 Å². The minimum Gasteiger partial charge on any atom is -0.480 e. The van der Waals surface area contributed by atoms with Gasteiger partial charge in [-0.3, -0.25) is 14.9 Å². The highest BCUT2D eigenvalue weighted by molar-refractivity contribution is 5.80. The van der Waals surface area contributed by atoms with Crippen molar-refractivity contribution in [3.63, 3.8) is 0 Å². The second-order valence-corrected chi connectivity index (χ2v) is 5.84. The van der Waals surface area contributed by atoms with Crippen molar-refractivity contribution < 1.29 is 14.7 Å². The fraction of sp³-hybridized carbons (Fsp3) is 0.846. The average molecular weight is 271 g/mol. The number of hydrogen-bond donors (Lipinski definition) is 4. The molecule has 0 bridgehead atoms. The quantitative estimate of drug-likeness (QED) is 0.475. The van der Waals surface area contributed by atoms with Gasteiger partial charge in [-0.05, 0) is 45.6 Å². The third-order valence-electron chi connectivity index (χ3n) is 3.66. The largest absolute Gasteiger partial charge is 0.480 e. The maximum atomic E-state index is 11.4. The van der Waals surface area contributed by atoms with Gasteiger partial charge in [0.1, 0.15) is 5.54 Å². The molecule has 0 aromatic carbocycles. The Morgan fingerprint density at radius 3 is 2.42 bits per heavy atom. The van der Waals surface area contributed by atoms with Crippen molar-refractivity contribution in [2.75, 3.05) is 7.05 Å². The molecular formula is C13H25N3O3. The van der Waals surface area contributed by atoms with Gasteiger partial charge in [0.2, 0.25) is 5.91 Å². The number of likely N-dealkylation sites (N-methyl/N-ethyl adjacent to an activating group) is 1. The van der Waals surface area contributed by atoms with Crippen LogP contribution in [0.2, 0.25) is 0 Å². The summed E-state index contributed by atoms with van der Waals surface area (Å²) in [6, 6.07) is -0.0847. The summed E-state index contributed by atoms with van der Waals surface area (Å²) in [4.78, 5) is 22.6. The van der Waals surface area contributed by atoms with Gasteiger partial charge in [-0.15, -0.1) is 0 Å². The van der Waals surface area contributed by atoms with Gasteiger partial charge < -0.3 is 16.2 Å². The maximum Gasteiger partial charge on any atom is 0.323 e. The zero-order valence-electron chi connectivity index (χ0n) is 11.9. The predicted molar refractivity (Wildman–Crippen MR) is 72.6 cm³/mol. The maximum absolute atomic E-state index is 11.4. The number of carbonyl (C=O) groups is 2. The van der Waals surface area contributed by atoms with E-state index < -0.39 is 23.5 Å². The van der Waals surface area contributed by atoms with Crippen LogP contribution in [0.1, 0.15) is 39.5 Å². The van der Waals surface area contributed by atoms with Crippen molar-refractivity contribution in [3.8, 4) is 0 Å². The van der Waals surface area contributed by atoms with Gasteiger partial charge >= 0.3 is 5.97 Å². The van der Waals surface area contributed by atoms with Crippen molar-refractivity contribution in [1.29, 1.82) is 0 Å². The lowest BCUT2D eigenvalue weighted by Gasteiger charge is -2.30. The van der Waals surface area contributed by atoms with E-state index in [-0.39, 0.29) is 5.92 Å². The van der Waals surface area contributed by atoms with E-state index in [1.165, 1.54) is 0 Å². The van der Waals surface area contributed by atoms with Crippen LogP contribution in [-0.2, 0) is 9.59 Å². The molecule has 6 heteroatoms. The number of amides is 1. The Bertz CT molecular complexity index is 344. The van der Waals surface area contributed by atoms with Crippen molar-refractivity contribution in [2.45, 2.75) is 57.2 Å². The molecule has 3 atom stereocenters. The standard InChI is InChI=1S/C13H25N3O3/c1-8(6-10(15-3)11(14)17)7-13(2,12(18)19)16-9-4-5-9/h8-10,15-16H,4-7H2,1-3H3,(H2,14,17)(H,18,19). The molecular weight excluding hydrogens is 246 g/mol. The first-order valence-electron chi connectivity index (χ1n) is 6.76. The van der Waals surface area contributed by atoms with E-state index in [2.05, 4.69) is 10.6 Å². The average Bonchev–Trinajstić information content (AvgIpc) is 3.08. The summed E-state index contributed by atoms with van der Waals surface area (Å²) in [6.45, 7) is 3.66. The third-order valence-corrected chi connectivity index (χ3v) is 3.66. The third kappa shape index (κ3) is 4.80. The van der Waals surface area contributed by atoms with Crippen molar-refractivity contribution in [2.24, 2.45) is 11.7 Å². The topological polar surface area (TPSA) is 104 Å². The van der Waals surface area contributed by atoms with Crippen molar-refractivity contribution in [3.05, 3.63) is 0 Å². The Morgan fingerprint density at radius 2 is 2.05 bits per heavy atom. The predicted octanol–water partition coefficient (Wildman–Crippen LogP) is 0.0713. The van der Waals surface area contributed by atoms with Crippen LogP contribution in [-0.4, -0.2) is 41.7 Å². The fourth-order valence-corrected chi connectivity index (χ4v) is 2.45. The summed E-state index contributed by atoms with van der Waals surface area (Å²) in [7, 11) is 1.68. The first-order valence-corrected chi connectivity index (χ1v) is 6.76. The molecule has 0 aliphatic heterocycles. The van der Waals surface area contributed by atoms with Gasteiger partial charge in [-0.2, -0.15) is 0 Å². The van der Waals surface area contributed by atoms with E-state index in [1.807, 2.05) is 6.92 Å². The zero-order valence-corrected chi connectivity index (χ0v) is 11.9. The number of primary amides is 1. The number of carboxylic acids is 1. The summed E-state index contributed by atoms with van der Waals surface area (Å²) in [5.41, 5.74) is 4.34. The number of aliphatic carboxylic acids is 1. The van der Waals surface area contributed by atoms with Gasteiger partial charge in [0.25, 0.3) is 0 Å². The monoisotopic (exact) mass is 271 g/mol. The second-order valence-electron chi connectivity index (χ2n) is 5.84. The molecule has 0 aromatic heterocycles. The van der Waals surface area contributed by atoms with E-state index in [0.29, 0.717) is 18.9 Å². The summed E-state index contributed by atoms with van der Waals surface area (Å²) in [5, 5.41) is 15.4. The lowest BCUT2D eigenvalue weighted by Crippen LogP contribution is -2.52. The Hall–Kier alpha value is -1.14. The molecule has 1 saturated carbocycles. The molecule has 1 aliphatic rings. The highest BCUT2D eigenvalue weighted by Gasteiger charge is 2.39. The van der Waals surface area contributed by atoms with E-state index in [4.69, 9.17) is 5.73 Å². The summed E-state index contributed by atoms with van der Waals surface area (Å²) in [5.74, 6) is -1.16. The Morgan fingerprint density at radius 1 is 1.47 bits per heavy atom. The van der Waals surface area contributed by atoms with Gasteiger partial charge in [0.05, 0.1) is 6.04 Å². The van der Waals surface area contributed by atoms with Gasteiger partial charge in [-0.25, -0.2) is 0 Å². The van der Waals surface area contributed by atoms with Crippen LogP contribution in [0.15, 0.2) is 0 Å². The lowest BCUT2D eigenvalue weighted by atomic mass is 9.86. The van der Waals surface area contributed by atoms with Crippen LogP contribution < -0.4 is 16.4 Å². The smallest absolute Gasteiger partial charge is 0.323 e. The molecule has 19 heavy (non-hydrogen) atoms. The van der Waals surface area contributed by atoms with Crippen LogP contribution in [0, 0.1) is 5.92 Å². The molecule has 0 aromatic rings. The highest BCUT2D eigenvalue weighted by atomic mass is 16.4. The molecule has 1 amide bonds. The fourth-order valence-electron chi connectivity index (χ4n) is 2.45. The molecule has 0 heterocycles. The molecule has 0 spiro atoms. The molecule has 1 rings (SSSR count). The Kier molecular flexibility index (Phi) is 5.31. The molecule has 5 N–H and O–H groups in total. The first-order chi connectivity index (χ1) is 8.78. The molecule has 0 radical (unpaired) electrons. The molecule has 110 valence electrons. The van der Waals surface area contributed by atoms with Gasteiger partial charge in [-0.1, -0.05) is 6.92 Å². The van der Waals surface area contributed by atoms with E-state index in [1.54, 1.807) is 14.0 Å². The minimum absolute atomic E-state index is 0.0808. The van der Waals surface area contributed by atoms with Gasteiger partial charge in [0, 0.05) is 6.04 Å². The van der Waals surface area contributed by atoms with Crippen LogP contribution in [0.4, 0.5) is 0 Å². The lowest BCUT2D eigenvalue weighted by molar-refractivity contribution is -0.145. The van der Waals surface area contributed by atoms with Crippen molar-refractivity contribution >= 4 is 11.9 Å². The molecule has 1 aliphatic carbocycles. The van der Waals surface area contributed by atoms with Crippen molar-refractivity contribution in [1.82, 2.24) is 10.6 Å². The minimum atomic E-state index is -0.934. The molecule has 3 unspecified atom stereocenters. The molecule has 1 fully saturated rings. The second kappa shape index (κ2) is 6.34. The Labute approximate surface area is 114 Å². The van der Waals surface area contributed by atoms with Crippen LogP contribution in [0.3, 0.4) is 0 Å². The van der Waals surface area contributed by atoms with Crippen LogP contribution >= 0.6 is 0 Å². The van der Waals surface area contributed by atoms with E-state index >= 15 is 0 Å². The summed E-state index contributed by atoms with van der Waals surface area (Å²) < 4.78 is 0. The SMILES string of the molecule is CNC(CC(C)CC(C)(NC1CC1)C(=O)O)C(N)=O. The van der Waals surface area contributed by atoms with Crippen LogP contribution in [0.5, 0.6) is 0 Å². The molecule has 0 saturated heterocycles. The van der Waals surface area contributed by atoms with E-state index in [0.717, 1.165) is 12.8 Å². The Balaban J connectivity index is 2.57.